The van der Waals surface area contributed by atoms with E-state index in [2.05, 4.69) is 20.5 Å². The first-order valence-corrected chi connectivity index (χ1v) is 4.89. The Balaban J connectivity index is 2.04. The lowest BCUT2D eigenvalue weighted by Gasteiger charge is -2.04. The van der Waals surface area contributed by atoms with Crippen LogP contribution < -0.4 is 5.32 Å². The Morgan fingerprint density at radius 3 is 3.06 bits per heavy atom. The van der Waals surface area contributed by atoms with Crippen molar-refractivity contribution in [2.24, 2.45) is 7.05 Å². The summed E-state index contributed by atoms with van der Waals surface area (Å²) in [4.78, 5) is 15.2. The maximum absolute atomic E-state index is 13.2. The molecule has 0 aliphatic heterocycles. The molecule has 7 heteroatoms. The summed E-state index contributed by atoms with van der Waals surface area (Å²) in [5, 5.41) is 10.0. The zero-order valence-corrected chi connectivity index (χ0v) is 9.09. The van der Waals surface area contributed by atoms with E-state index in [0.29, 0.717) is 5.82 Å². The highest BCUT2D eigenvalue weighted by atomic mass is 19.1. The zero-order chi connectivity index (χ0) is 12.3. The van der Waals surface area contributed by atoms with Gasteiger partial charge in [0.25, 0.3) is 5.91 Å². The Morgan fingerprint density at radius 1 is 1.59 bits per heavy atom. The lowest BCUT2D eigenvalue weighted by atomic mass is 10.2. The van der Waals surface area contributed by atoms with E-state index in [0.717, 1.165) is 6.20 Å². The van der Waals surface area contributed by atoms with Gasteiger partial charge in [0.05, 0.1) is 18.3 Å². The predicted molar refractivity (Wildman–Crippen MR) is 56.4 cm³/mol. The Hall–Kier alpha value is -2.31. The Bertz CT molecular complexity index is 539. The van der Waals surface area contributed by atoms with Gasteiger partial charge in [0.15, 0.2) is 11.6 Å². The number of halogens is 1. The van der Waals surface area contributed by atoms with Gasteiger partial charge in [-0.05, 0) is 6.07 Å². The van der Waals surface area contributed by atoms with E-state index in [-0.39, 0.29) is 12.1 Å². The molecule has 0 saturated carbocycles. The van der Waals surface area contributed by atoms with Crippen LogP contribution in [0.5, 0.6) is 0 Å². The van der Waals surface area contributed by atoms with Crippen molar-refractivity contribution in [3.05, 3.63) is 42.0 Å². The number of amides is 1. The van der Waals surface area contributed by atoms with Crippen molar-refractivity contribution in [3.8, 4) is 0 Å². The zero-order valence-electron chi connectivity index (χ0n) is 9.09. The average Bonchev–Trinajstić information content (AvgIpc) is 2.72. The van der Waals surface area contributed by atoms with Crippen LogP contribution in [0.3, 0.4) is 0 Å². The van der Waals surface area contributed by atoms with Crippen LogP contribution >= 0.6 is 0 Å². The molecule has 6 nitrogen and oxygen atoms in total. The van der Waals surface area contributed by atoms with Crippen molar-refractivity contribution in [2.45, 2.75) is 6.54 Å². The molecule has 2 aromatic rings. The molecule has 0 saturated heterocycles. The van der Waals surface area contributed by atoms with Crippen LogP contribution in [0.25, 0.3) is 0 Å². The van der Waals surface area contributed by atoms with Crippen molar-refractivity contribution in [2.75, 3.05) is 0 Å². The number of pyridine rings is 1. The van der Waals surface area contributed by atoms with Crippen molar-refractivity contribution in [1.82, 2.24) is 25.1 Å². The Kier molecular flexibility index (Phi) is 3.08. The van der Waals surface area contributed by atoms with E-state index in [1.165, 1.54) is 18.6 Å². The number of carbonyl (C=O) groups is 1. The number of hydrogen-bond acceptors (Lipinski definition) is 4. The largest absolute Gasteiger partial charge is 0.345 e. The summed E-state index contributed by atoms with van der Waals surface area (Å²) in [5.41, 5.74) is -0.0397. The van der Waals surface area contributed by atoms with Gasteiger partial charge in [0, 0.05) is 13.2 Å². The van der Waals surface area contributed by atoms with Gasteiger partial charge in [-0.25, -0.2) is 4.39 Å². The molecule has 0 aliphatic rings. The van der Waals surface area contributed by atoms with E-state index in [9.17, 15) is 9.18 Å². The third kappa shape index (κ3) is 2.44. The van der Waals surface area contributed by atoms with E-state index < -0.39 is 11.7 Å². The summed E-state index contributed by atoms with van der Waals surface area (Å²) in [7, 11) is 1.76. The molecule has 0 aliphatic carbocycles. The number of aryl methyl sites for hydroxylation is 1. The van der Waals surface area contributed by atoms with Gasteiger partial charge < -0.3 is 9.88 Å². The number of nitrogens with zero attached hydrogens (tertiary/aromatic N) is 4. The van der Waals surface area contributed by atoms with Crippen LogP contribution in [0.1, 0.15) is 16.2 Å². The van der Waals surface area contributed by atoms with E-state index in [1.54, 1.807) is 11.6 Å². The molecule has 17 heavy (non-hydrogen) atoms. The molecule has 1 amide bonds. The second-order valence-corrected chi connectivity index (χ2v) is 3.40. The summed E-state index contributed by atoms with van der Waals surface area (Å²) in [6, 6.07) is 1.32. The molecule has 0 unspecified atom stereocenters. The predicted octanol–water partition coefficient (Wildman–Crippen LogP) is 0.279. The minimum Gasteiger partial charge on any atom is -0.345 e. The quantitative estimate of drug-likeness (QED) is 0.829. The molecular weight excluding hydrogens is 225 g/mol. The van der Waals surface area contributed by atoms with E-state index in [4.69, 9.17) is 0 Å². The third-order valence-corrected chi connectivity index (χ3v) is 2.23. The molecule has 2 aromatic heterocycles. The second-order valence-electron chi connectivity index (χ2n) is 3.40. The van der Waals surface area contributed by atoms with Gasteiger partial charge in [0.1, 0.15) is 6.33 Å². The molecule has 0 bridgehead atoms. The first-order valence-electron chi connectivity index (χ1n) is 4.89. The van der Waals surface area contributed by atoms with Gasteiger partial charge >= 0.3 is 0 Å². The summed E-state index contributed by atoms with van der Waals surface area (Å²) < 4.78 is 14.9. The van der Waals surface area contributed by atoms with Crippen LogP contribution in [0.15, 0.2) is 24.8 Å². The number of nitrogens with one attached hydrogen (secondary N) is 1. The summed E-state index contributed by atoms with van der Waals surface area (Å²) in [6.45, 7) is 0.192. The fourth-order valence-electron chi connectivity index (χ4n) is 1.28. The first kappa shape index (κ1) is 11.2. The fraction of sp³-hybridized carbons (Fsp3) is 0.200. The molecule has 88 valence electrons. The number of rotatable bonds is 3. The number of aromatic nitrogens is 4. The van der Waals surface area contributed by atoms with E-state index >= 15 is 0 Å². The van der Waals surface area contributed by atoms with Crippen molar-refractivity contribution in [3.63, 3.8) is 0 Å². The van der Waals surface area contributed by atoms with Crippen LogP contribution in [-0.2, 0) is 13.6 Å². The maximum atomic E-state index is 13.2. The lowest BCUT2D eigenvalue weighted by Crippen LogP contribution is -2.25. The fourth-order valence-corrected chi connectivity index (χ4v) is 1.28. The molecule has 2 rings (SSSR count). The number of hydrogen-bond donors (Lipinski definition) is 1. The SMILES string of the molecule is Cn1cnnc1CNC(=O)c1ccncc1F. The van der Waals surface area contributed by atoms with Crippen LogP contribution in [0.2, 0.25) is 0 Å². The molecule has 0 spiro atoms. The Labute approximate surface area is 96.5 Å². The monoisotopic (exact) mass is 235 g/mol. The molecular formula is C10H10FN5O. The summed E-state index contributed by atoms with van der Waals surface area (Å²) in [6.07, 6.45) is 3.88. The van der Waals surface area contributed by atoms with Gasteiger partial charge in [-0.3, -0.25) is 9.78 Å². The number of carbonyl (C=O) groups excluding carboxylic acids is 1. The van der Waals surface area contributed by atoms with Crippen LogP contribution in [0.4, 0.5) is 4.39 Å². The standard InChI is InChI=1S/C10H10FN5O/c1-16-6-14-15-9(16)5-13-10(17)7-2-3-12-4-8(7)11/h2-4,6H,5H2,1H3,(H,13,17). The molecule has 1 N–H and O–H groups in total. The maximum Gasteiger partial charge on any atom is 0.254 e. The Morgan fingerprint density at radius 2 is 2.41 bits per heavy atom. The van der Waals surface area contributed by atoms with Gasteiger partial charge in [-0.15, -0.1) is 10.2 Å². The molecule has 0 radical (unpaired) electrons. The highest BCUT2D eigenvalue weighted by Gasteiger charge is 2.11. The molecule has 2 heterocycles. The van der Waals surface area contributed by atoms with Gasteiger partial charge in [-0.2, -0.15) is 0 Å². The average molecular weight is 235 g/mol. The minimum absolute atomic E-state index is 0.0397. The van der Waals surface area contributed by atoms with E-state index in [1.807, 2.05) is 0 Å². The van der Waals surface area contributed by atoms with Crippen molar-refractivity contribution >= 4 is 5.91 Å². The normalized spacial score (nSPS) is 10.2. The topological polar surface area (TPSA) is 72.7 Å². The smallest absolute Gasteiger partial charge is 0.254 e. The van der Waals surface area contributed by atoms with Gasteiger partial charge in [-0.1, -0.05) is 0 Å². The van der Waals surface area contributed by atoms with Crippen molar-refractivity contribution in [1.29, 1.82) is 0 Å². The highest BCUT2D eigenvalue weighted by molar-refractivity contribution is 5.94. The molecule has 0 fully saturated rings. The summed E-state index contributed by atoms with van der Waals surface area (Å²) >= 11 is 0. The minimum atomic E-state index is -0.650. The second kappa shape index (κ2) is 4.69. The third-order valence-electron chi connectivity index (χ3n) is 2.23. The molecule has 0 aromatic carbocycles. The molecule has 0 atom stereocenters. The highest BCUT2D eigenvalue weighted by Crippen LogP contribution is 2.04. The lowest BCUT2D eigenvalue weighted by molar-refractivity contribution is 0.0945. The van der Waals surface area contributed by atoms with Crippen LogP contribution in [-0.4, -0.2) is 25.7 Å². The van der Waals surface area contributed by atoms with Gasteiger partial charge in [0.2, 0.25) is 0 Å². The van der Waals surface area contributed by atoms with Crippen molar-refractivity contribution < 1.29 is 9.18 Å². The first-order chi connectivity index (χ1) is 8.18. The summed E-state index contributed by atoms with van der Waals surface area (Å²) in [5.74, 6) is -0.566. The van der Waals surface area contributed by atoms with Crippen LogP contribution in [0, 0.1) is 5.82 Å².